The summed E-state index contributed by atoms with van der Waals surface area (Å²) in [4.78, 5) is 1.64. The summed E-state index contributed by atoms with van der Waals surface area (Å²) in [5, 5.41) is 9.91. The minimum absolute atomic E-state index is 0.473. The summed E-state index contributed by atoms with van der Waals surface area (Å²) in [6.07, 6.45) is 8.17. The number of terminal acetylenes is 1. The lowest BCUT2D eigenvalue weighted by Crippen LogP contribution is -3.20. The van der Waals surface area contributed by atoms with E-state index < -0.39 is 0 Å². The molecule has 3 fully saturated rings. The largest absolute Gasteiger partial charge is 0.356 e. The third kappa shape index (κ3) is 3.35. The first-order valence-corrected chi connectivity index (χ1v) is 9.49. The Bertz CT molecular complexity index is 820. The Morgan fingerprint density at radius 1 is 1.24 bits per heavy atom. The summed E-state index contributed by atoms with van der Waals surface area (Å²) in [6, 6.07) is 15.2. The summed E-state index contributed by atoms with van der Waals surface area (Å²) in [7, 11) is 0. The average molecular weight is 351 g/mol. The minimum atomic E-state index is 0.473. The van der Waals surface area contributed by atoms with Crippen LogP contribution in [0.15, 0.2) is 42.5 Å². The van der Waals surface area contributed by atoms with Gasteiger partial charge in [-0.15, -0.1) is 6.42 Å². The average Bonchev–Trinajstić information content (AvgIpc) is 2.67. The molecule has 2 bridgehead atoms. The van der Waals surface area contributed by atoms with Crippen LogP contribution in [0, 0.1) is 24.2 Å². The third-order valence-electron chi connectivity index (χ3n) is 5.81. The van der Waals surface area contributed by atoms with Crippen LogP contribution in [0.3, 0.4) is 0 Å². The van der Waals surface area contributed by atoms with Gasteiger partial charge in [0.15, 0.2) is 5.11 Å². The van der Waals surface area contributed by atoms with Gasteiger partial charge in [-0.2, -0.15) is 0 Å². The smallest absolute Gasteiger partial charge is 0.171 e. The second-order valence-corrected chi connectivity index (χ2v) is 7.64. The molecule has 0 aromatic heterocycles. The topological polar surface area (TPSA) is 28.5 Å². The van der Waals surface area contributed by atoms with Gasteiger partial charge in [-0.25, -0.2) is 0 Å². The molecular formula is C21H24N3S+. The van der Waals surface area contributed by atoms with E-state index >= 15 is 0 Å². The Morgan fingerprint density at radius 3 is 2.88 bits per heavy atom. The van der Waals surface area contributed by atoms with Crippen molar-refractivity contribution >= 4 is 33.8 Å². The monoisotopic (exact) mass is 350 g/mol. The fourth-order valence-corrected chi connectivity index (χ4v) is 4.64. The fourth-order valence-electron chi connectivity index (χ4n) is 4.45. The van der Waals surface area contributed by atoms with Crippen molar-refractivity contribution in [3.05, 3.63) is 42.5 Å². The predicted octanol–water partition coefficient (Wildman–Crippen LogP) is 2.05. The van der Waals surface area contributed by atoms with E-state index in [4.69, 9.17) is 18.6 Å². The van der Waals surface area contributed by atoms with Gasteiger partial charge in [0.1, 0.15) is 6.04 Å². The lowest BCUT2D eigenvalue weighted by atomic mass is 9.76. The van der Waals surface area contributed by atoms with E-state index in [9.17, 15) is 0 Å². The highest BCUT2D eigenvalue weighted by molar-refractivity contribution is 7.80. The summed E-state index contributed by atoms with van der Waals surface area (Å²) in [5.41, 5.74) is 1.06. The van der Waals surface area contributed by atoms with Crippen molar-refractivity contribution in [1.29, 1.82) is 0 Å². The van der Waals surface area contributed by atoms with E-state index in [1.807, 2.05) is 0 Å². The maximum Gasteiger partial charge on any atom is 0.171 e. The number of quaternary nitrogens is 1. The summed E-state index contributed by atoms with van der Waals surface area (Å²) in [5.74, 6) is 4.17. The zero-order chi connectivity index (χ0) is 17.2. The highest BCUT2D eigenvalue weighted by Crippen LogP contribution is 2.26. The van der Waals surface area contributed by atoms with Gasteiger partial charge >= 0.3 is 0 Å². The van der Waals surface area contributed by atoms with Crippen LogP contribution in [0.4, 0.5) is 5.69 Å². The number of fused-ring (bicyclic) bond motifs is 4. The van der Waals surface area contributed by atoms with Gasteiger partial charge in [-0.1, -0.05) is 42.3 Å². The molecule has 2 aromatic rings. The molecular weight excluding hydrogens is 326 g/mol. The molecule has 4 atom stereocenters. The molecule has 2 aromatic carbocycles. The second kappa shape index (κ2) is 7.03. The van der Waals surface area contributed by atoms with Gasteiger partial charge in [0.05, 0.1) is 25.6 Å². The van der Waals surface area contributed by atoms with Crippen molar-refractivity contribution in [3.63, 3.8) is 0 Å². The summed E-state index contributed by atoms with van der Waals surface area (Å²) < 4.78 is 0. The number of hydrogen-bond donors (Lipinski definition) is 3. The molecule has 3 heterocycles. The predicted molar refractivity (Wildman–Crippen MR) is 108 cm³/mol. The molecule has 0 spiro atoms. The highest BCUT2D eigenvalue weighted by Gasteiger charge is 2.42. The number of hydrogen-bond acceptors (Lipinski definition) is 1. The summed E-state index contributed by atoms with van der Waals surface area (Å²) >= 11 is 5.54. The van der Waals surface area contributed by atoms with Crippen molar-refractivity contribution in [2.45, 2.75) is 18.9 Å². The third-order valence-corrected chi connectivity index (χ3v) is 6.06. The molecule has 0 radical (unpaired) electrons. The number of rotatable bonds is 3. The lowest BCUT2D eigenvalue weighted by molar-refractivity contribution is -0.943. The number of anilines is 1. The Balaban J connectivity index is 1.36. The van der Waals surface area contributed by atoms with Crippen LogP contribution < -0.4 is 15.5 Å². The van der Waals surface area contributed by atoms with Crippen LogP contribution >= 0.6 is 12.2 Å². The lowest BCUT2D eigenvalue weighted by Gasteiger charge is -2.45. The van der Waals surface area contributed by atoms with E-state index in [1.54, 1.807) is 4.90 Å². The quantitative estimate of drug-likeness (QED) is 0.585. The Kier molecular flexibility index (Phi) is 4.61. The maximum atomic E-state index is 5.68. The Labute approximate surface area is 154 Å². The van der Waals surface area contributed by atoms with E-state index in [0.29, 0.717) is 23.0 Å². The second-order valence-electron chi connectivity index (χ2n) is 7.23. The molecule has 3 aliphatic rings. The number of benzene rings is 2. The SMILES string of the molecule is C#C[C@H]1C[NH+]2CC[C@H]1C[C@@H]2CNC(=S)Nc1cccc2ccccc12. The molecule has 1 unspecified atom stereocenters. The van der Waals surface area contributed by atoms with Gasteiger partial charge in [-0.3, -0.25) is 0 Å². The first-order valence-electron chi connectivity index (χ1n) is 9.08. The first-order chi connectivity index (χ1) is 12.2. The van der Waals surface area contributed by atoms with Crippen LogP contribution in [0.25, 0.3) is 10.8 Å². The van der Waals surface area contributed by atoms with Crippen molar-refractivity contribution in [3.8, 4) is 12.3 Å². The van der Waals surface area contributed by atoms with Crippen molar-refractivity contribution in [1.82, 2.24) is 5.32 Å². The molecule has 4 heteroatoms. The van der Waals surface area contributed by atoms with E-state index in [0.717, 1.165) is 18.8 Å². The number of thiocarbonyl (C=S) groups is 1. The number of piperidine rings is 3. The van der Waals surface area contributed by atoms with Crippen molar-refractivity contribution < 1.29 is 4.90 Å². The Hall–Kier alpha value is -2.09. The van der Waals surface area contributed by atoms with Crippen LogP contribution in [0.1, 0.15) is 12.8 Å². The van der Waals surface area contributed by atoms with Gasteiger partial charge in [-0.05, 0) is 29.6 Å². The maximum absolute atomic E-state index is 5.68. The zero-order valence-electron chi connectivity index (χ0n) is 14.3. The van der Waals surface area contributed by atoms with Crippen molar-refractivity contribution in [2.24, 2.45) is 11.8 Å². The van der Waals surface area contributed by atoms with Crippen molar-refractivity contribution in [2.75, 3.05) is 25.0 Å². The zero-order valence-corrected chi connectivity index (χ0v) is 15.1. The van der Waals surface area contributed by atoms with Gasteiger partial charge in [0.25, 0.3) is 0 Å². The molecule has 0 aliphatic carbocycles. The normalized spacial score (nSPS) is 27.6. The fraction of sp³-hybridized carbons (Fsp3) is 0.381. The van der Waals surface area contributed by atoms with E-state index in [1.165, 1.54) is 30.2 Å². The van der Waals surface area contributed by atoms with Crippen LogP contribution in [-0.2, 0) is 0 Å². The molecule has 0 saturated carbocycles. The van der Waals surface area contributed by atoms with Crippen LogP contribution in [-0.4, -0.2) is 30.8 Å². The molecule has 3 nitrogen and oxygen atoms in total. The summed E-state index contributed by atoms with van der Waals surface area (Å²) in [6.45, 7) is 3.29. The van der Waals surface area contributed by atoms with E-state index in [-0.39, 0.29) is 0 Å². The molecule has 128 valence electrons. The minimum Gasteiger partial charge on any atom is -0.356 e. The molecule has 0 amide bonds. The van der Waals surface area contributed by atoms with Gasteiger partial charge in [0.2, 0.25) is 0 Å². The standard InChI is InChI=1S/C21H23N3S/c1-2-15-14-24-11-10-17(15)12-18(24)13-22-21(25)23-20-9-5-7-16-6-3-4-8-19(16)20/h1,3-9,15,17-18H,10-14H2,(H2,22,23,25)/p+1/t15-,17-,18+/m0/s1. The highest BCUT2D eigenvalue weighted by atomic mass is 32.1. The van der Waals surface area contributed by atoms with Crippen LogP contribution in [0.5, 0.6) is 0 Å². The van der Waals surface area contributed by atoms with Gasteiger partial charge < -0.3 is 15.5 Å². The molecule has 3 N–H and O–H groups in total. The molecule has 25 heavy (non-hydrogen) atoms. The first kappa shape index (κ1) is 16.4. The molecule has 5 rings (SSSR count). The van der Waals surface area contributed by atoms with Gasteiger partial charge in [0, 0.05) is 23.9 Å². The molecule has 3 saturated heterocycles. The van der Waals surface area contributed by atoms with Crippen LogP contribution in [0.2, 0.25) is 0 Å². The van der Waals surface area contributed by atoms with E-state index in [2.05, 4.69) is 59.0 Å². The molecule has 3 aliphatic heterocycles. The number of nitrogens with one attached hydrogen (secondary N) is 3. The Morgan fingerprint density at radius 2 is 2.08 bits per heavy atom.